The molecule has 0 bridgehead atoms. The molecule has 3 aromatic rings. The van der Waals surface area contributed by atoms with Gasteiger partial charge in [0.2, 0.25) is 0 Å². The van der Waals surface area contributed by atoms with Crippen LogP contribution in [0.4, 0.5) is 0 Å². The summed E-state index contributed by atoms with van der Waals surface area (Å²) in [5.74, 6) is -0.242. The molecule has 25 heavy (non-hydrogen) atoms. The minimum atomic E-state index is -0.242. The molecule has 0 unspecified atom stereocenters. The second-order valence-electron chi connectivity index (χ2n) is 5.70. The topological polar surface area (TPSA) is 77.6 Å². The summed E-state index contributed by atoms with van der Waals surface area (Å²) in [7, 11) is 0. The van der Waals surface area contributed by atoms with Gasteiger partial charge in [0, 0.05) is 13.1 Å². The van der Waals surface area contributed by atoms with Crippen molar-refractivity contribution in [2.24, 2.45) is 0 Å². The van der Waals surface area contributed by atoms with Crippen molar-refractivity contribution in [3.63, 3.8) is 0 Å². The standard InChI is InChI=1S/C17H19ClN6O/c1-12-16(18)13(2)23(21-12)10-6-9-19-17(25)15-11-24(22-20-15)14-7-4-3-5-8-14/h3-5,7-8,11H,6,9-10H2,1-2H3,(H,19,25). The van der Waals surface area contributed by atoms with Crippen molar-refractivity contribution < 1.29 is 4.79 Å². The molecule has 0 spiro atoms. The molecule has 0 saturated carbocycles. The van der Waals surface area contributed by atoms with Crippen LogP contribution in [0.1, 0.15) is 28.3 Å². The van der Waals surface area contributed by atoms with Gasteiger partial charge in [-0.15, -0.1) is 5.10 Å². The Kier molecular flexibility index (Phi) is 5.14. The third-order valence-corrected chi connectivity index (χ3v) is 4.42. The molecular weight excluding hydrogens is 340 g/mol. The van der Waals surface area contributed by atoms with E-state index in [1.54, 1.807) is 10.9 Å². The summed E-state index contributed by atoms with van der Waals surface area (Å²) >= 11 is 6.12. The van der Waals surface area contributed by atoms with Gasteiger partial charge >= 0.3 is 0 Å². The van der Waals surface area contributed by atoms with Gasteiger partial charge in [0.1, 0.15) is 0 Å². The Labute approximate surface area is 150 Å². The van der Waals surface area contributed by atoms with Crippen molar-refractivity contribution in [1.29, 1.82) is 0 Å². The summed E-state index contributed by atoms with van der Waals surface area (Å²) in [5.41, 5.74) is 2.91. The van der Waals surface area contributed by atoms with Crippen LogP contribution in [0.2, 0.25) is 5.02 Å². The molecule has 0 radical (unpaired) electrons. The summed E-state index contributed by atoms with van der Waals surface area (Å²) in [4.78, 5) is 12.2. The Morgan fingerprint density at radius 3 is 2.68 bits per heavy atom. The molecule has 0 aliphatic carbocycles. The van der Waals surface area contributed by atoms with Crippen molar-refractivity contribution in [2.45, 2.75) is 26.8 Å². The van der Waals surface area contributed by atoms with E-state index in [4.69, 9.17) is 11.6 Å². The van der Waals surface area contributed by atoms with Crippen LogP contribution < -0.4 is 5.32 Å². The van der Waals surface area contributed by atoms with Crippen molar-refractivity contribution in [3.8, 4) is 5.69 Å². The molecule has 3 rings (SSSR count). The average molecular weight is 359 g/mol. The normalized spacial score (nSPS) is 10.8. The molecule has 1 aromatic carbocycles. The Bertz CT molecular complexity index is 871. The molecule has 1 amide bonds. The zero-order valence-electron chi connectivity index (χ0n) is 14.1. The first-order chi connectivity index (χ1) is 12.1. The molecule has 0 saturated heterocycles. The molecule has 0 aliphatic heterocycles. The van der Waals surface area contributed by atoms with E-state index in [1.165, 1.54) is 0 Å². The SMILES string of the molecule is Cc1nn(CCCNC(=O)c2cn(-c3ccccc3)nn2)c(C)c1Cl. The summed E-state index contributed by atoms with van der Waals surface area (Å²) < 4.78 is 3.43. The van der Waals surface area contributed by atoms with E-state index in [9.17, 15) is 4.79 Å². The predicted octanol–water partition coefficient (Wildman–Crippen LogP) is 2.55. The van der Waals surface area contributed by atoms with Gasteiger partial charge in [-0.2, -0.15) is 5.10 Å². The first-order valence-corrected chi connectivity index (χ1v) is 8.39. The van der Waals surface area contributed by atoms with Gasteiger partial charge in [-0.3, -0.25) is 9.48 Å². The Hall–Kier alpha value is -2.67. The number of halogens is 1. The Morgan fingerprint density at radius 2 is 2.00 bits per heavy atom. The number of carbonyl (C=O) groups excluding carboxylic acids is 1. The number of amides is 1. The highest BCUT2D eigenvalue weighted by molar-refractivity contribution is 6.31. The average Bonchev–Trinajstić information content (AvgIpc) is 3.21. The minimum Gasteiger partial charge on any atom is -0.351 e. The van der Waals surface area contributed by atoms with Crippen molar-refractivity contribution in [2.75, 3.05) is 6.54 Å². The lowest BCUT2D eigenvalue weighted by atomic mass is 10.3. The number of nitrogens with zero attached hydrogens (tertiary/aromatic N) is 5. The molecule has 130 valence electrons. The van der Waals surface area contributed by atoms with Gasteiger partial charge < -0.3 is 5.32 Å². The number of rotatable bonds is 6. The number of aromatic nitrogens is 5. The second-order valence-corrected chi connectivity index (χ2v) is 6.08. The number of para-hydroxylation sites is 1. The lowest BCUT2D eigenvalue weighted by molar-refractivity contribution is 0.0947. The van der Waals surface area contributed by atoms with Gasteiger partial charge in [-0.25, -0.2) is 4.68 Å². The molecule has 2 heterocycles. The summed E-state index contributed by atoms with van der Waals surface area (Å²) in [6.07, 6.45) is 2.36. The highest BCUT2D eigenvalue weighted by Gasteiger charge is 2.12. The van der Waals surface area contributed by atoms with E-state index in [1.807, 2.05) is 48.9 Å². The van der Waals surface area contributed by atoms with Gasteiger partial charge in [0.25, 0.3) is 5.91 Å². The van der Waals surface area contributed by atoms with Crippen molar-refractivity contribution in [3.05, 3.63) is 58.6 Å². The van der Waals surface area contributed by atoms with Crippen molar-refractivity contribution in [1.82, 2.24) is 30.1 Å². The third-order valence-electron chi connectivity index (χ3n) is 3.87. The van der Waals surface area contributed by atoms with Crippen LogP contribution >= 0.6 is 11.6 Å². The number of hydrogen-bond donors (Lipinski definition) is 1. The maximum absolute atomic E-state index is 12.2. The zero-order valence-corrected chi connectivity index (χ0v) is 14.9. The van der Waals surface area contributed by atoms with Gasteiger partial charge in [-0.1, -0.05) is 35.0 Å². The maximum atomic E-state index is 12.2. The van der Waals surface area contributed by atoms with Crippen LogP contribution in [0.15, 0.2) is 36.5 Å². The smallest absolute Gasteiger partial charge is 0.273 e. The van der Waals surface area contributed by atoms with Crippen LogP contribution in [0, 0.1) is 13.8 Å². The van der Waals surface area contributed by atoms with Gasteiger partial charge in [-0.05, 0) is 32.4 Å². The summed E-state index contributed by atoms with van der Waals surface area (Å²) in [5, 5.41) is 15.8. The molecule has 0 atom stereocenters. The first kappa shape index (κ1) is 17.2. The third kappa shape index (κ3) is 3.88. The van der Waals surface area contributed by atoms with Crippen LogP contribution in [-0.2, 0) is 6.54 Å². The minimum absolute atomic E-state index is 0.242. The fraction of sp³-hybridized carbons (Fsp3) is 0.294. The fourth-order valence-electron chi connectivity index (χ4n) is 2.49. The van der Waals surface area contributed by atoms with Crippen LogP contribution in [0.25, 0.3) is 5.69 Å². The Balaban J connectivity index is 1.51. The van der Waals surface area contributed by atoms with Crippen LogP contribution in [0.5, 0.6) is 0 Å². The largest absolute Gasteiger partial charge is 0.351 e. The van der Waals surface area contributed by atoms with E-state index < -0.39 is 0 Å². The quantitative estimate of drug-likeness (QED) is 0.687. The number of aryl methyl sites for hydroxylation is 2. The Morgan fingerprint density at radius 1 is 1.24 bits per heavy atom. The van der Waals surface area contributed by atoms with E-state index in [0.717, 1.165) is 23.5 Å². The summed E-state index contributed by atoms with van der Waals surface area (Å²) in [6.45, 7) is 5.02. The lowest BCUT2D eigenvalue weighted by Crippen LogP contribution is -2.25. The zero-order chi connectivity index (χ0) is 17.8. The second kappa shape index (κ2) is 7.48. The summed E-state index contributed by atoms with van der Waals surface area (Å²) in [6, 6.07) is 9.53. The highest BCUT2D eigenvalue weighted by Crippen LogP contribution is 2.18. The molecule has 0 fully saturated rings. The fourth-order valence-corrected chi connectivity index (χ4v) is 2.62. The van der Waals surface area contributed by atoms with E-state index in [2.05, 4.69) is 20.7 Å². The lowest BCUT2D eigenvalue weighted by Gasteiger charge is -2.05. The molecule has 2 aromatic heterocycles. The van der Waals surface area contributed by atoms with Crippen molar-refractivity contribution >= 4 is 17.5 Å². The van der Waals surface area contributed by atoms with E-state index in [0.29, 0.717) is 18.1 Å². The molecule has 0 aliphatic rings. The van der Waals surface area contributed by atoms with Crippen LogP contribution in [0.3, 0.4) is 0 Å². The molecule has 1 N–H and O–H groups in total. The number of benzene rings is 1. The number of nitrogens with one attached hydrogen (secondary N) is 1. The highest BCUT2D eigenvalue weighted by atomic mass is 35.5. The van der Waals surface area contributed by atoms with Gasteiger partial charge in [0.15, 0.2) is 5.69 Å². The molecule has 8 heteroatoms. The van der Waals surface area contributed by atoms with E-state index in [-0.39, 0.29) is 11.6 Å². The maximum Gasteiger partial charge on any atom is 0.273 e. The molecule has 7 nitrogen and oxygen atoms in total. The number of carbonyl (C=O) groups is 1. The van der Waals surface area contributed by atoms with Gasteiger partial charge in [0.05, 0.1) is 28.3 Å². The van der Waals surface area contributed by atoms with Crippen LogP contribution in [-0.4, -0.2) is 37.2 Å². The van der Waals surface area contributed by atoms with E-state index >= 15 is 0 Å². The molecular formula is C17H19ClN6O. The first-order valence-electron chi connectivity index (χ1n) is 8.01. The monoisotopic (exact) mass is 358 g/mol. The predicted molar refractivity (Wildman–Crippen MR) is 95.0 cm³/mol. The number of hydrogen-bond acceptors (Lipinski definition) is 4.